The molecule has 1 rings (SSSR count). The van der Waals surface area contributed by atoms with Crippen LogP contribution in [0.15, 0.2) is 0 Å². The van der Waals surface area contributed by atoms with Gasteiger partial charge in [0.15, 0.2) is 5.69 Å². The zero-order valence-corrected chi connectivity index (χ0v) is 10.5. The van der Waals surface area contributed by atoms with Gasteiger partial charge in [-0.1, -0.05) is 5.21 Å². The van der Waals surface area contributed by atoms with Crippen molar-refractivity contribution in [2.45, 2.75) is 19.9 Å². The van der Waals surface area contributed by atoms with E-state index in [2.05, 4.69) is 10.3 Å². The minimum absolute atomic E-state index is 0.0687. The molecule has 8 nitrogen and oxygen atoms in total. The lowest BCUT2D eigenvalue weighted by atomic mass is 10.3. The summed E-state index contributed by atoms with van der Waals surface area (Å²) >= 11 is 0. The SMILES string of the molecule is COCCOC(=O)c1nnn(C(C)C(N)=O)c1C. The van der Waals surface area contributed by atoms with E-state index in [0.717, 1.165) is 0 Å². The Kier molecular flexibility index (Phi) is 4.78. The fourth-order valence-electron chi connectivity index (χ4n) is 1.30. The average molecular weight is 256 g/mol. The summed E-state index contributed by atoms with van der Waals surface area (Å²) in [7, 11) is 1.50. The number of esters is 1. The number of primary amides is 1. The van der Waals surface area contributed by atoms with Gasteiger partial charge in [0.2, 0.25) is 5.91 Å². The molecule has 1 atom stereocenters. The largest absolute Gasteiger partial charge is 0.458 e. The van der Waals surface area contributed by atoms with E-state index in [4.69, 9.17) is 15.2 Å². The topological polar surface area (TPSA) is 109 Å². The summed E-state index contributed by atoms with van der Waals surface area (Å²) < 4.78 is 10.9. The first kappa shape index (κ1) is 14.1. The number of amides is 1. The molecule has 1 unspecified atom stereocenters. The van der Waals surface area contributed by atoms with E-state index in [1.807, 2.05) is 0 Å². The van der Waals surface area contributed by atoms with Gasteiger partial charge in [0.1, 0.15) is 12.6 Å². The summed E-state index contributed by atoms with van der Waals surface area (Å²) in [5, 5.41) is 7.41. The minimum Gasteiger partial charge on any atom is -0.458 e. The molecule has 1 amide bonds. The number of hydrogen-bond acceptors (Lipinski definition) is 6. The quantitative estimate of drug-likeness (QED) is 0.539. The van der Waals surface area contributed by atoms with Crippen molar-refractivity contribution in [2.75, 3.05) is 20.3 Å². The highest BCUT2D eigenvalue weighted by Gasteiger charge is 2.22. The van der Waals surface area contributed by atoms with E-state index in [9.17, 15) is 9.59 Å². The zero-order valence-electron chi connectivity index (χ0n) is 10.5. The molecular formula is C10H16N4O4. The van der Waals surface area contributed by atoms with E-state index < -0.39 is 17.9 Å². The van der Waals surface area contributed by atoms with Crippen LogP contribution in [0.25, 0.3) is 0 Å². The molecule has 0 aliphatic carbocycles. The summed E-state index contributed by atoms with van der Waals surface area (Å²) in [5.74, 6) is -1.16. The lowest BCUT2D eigenvalue weighted by Gasteiger charge is -2.08. The summed E-state index contributed by atoms with van der Waals surface area (Å²) in [6, 6.07) is -0.668. The second-order valence-electron chi connectivity index (χ2n) is 3.68. The fourth-order valence-corrected chi connectivity index (χ4v) is 1.30. The van der Waals surface area contributed by atoms with Crippen molar-refractivity contribution >= 4 is 11.9 Å². The van der Waals surface area contributed by atoms with Gasteiger partial charge in [-0.3, -0.25) is 4.79 Å². The van der Waals surface area contributed by atoms with E-state index in [-0.39, 0.29) is 12.3 Å². The van der Waals surface area contributed by atoms with Crippen molar-refractivity contribution in [1.82, 2.24) is 15.0 Å². The molecule has 0 aliphatic rings. The highest BCUT2D eigenvalue weighted by Crippen LogP contribution is 2.11. The molecule has 2 N–H and O–H groups in total. The highest BCUT2D eigenvalue weighted by molar-refractivity contribution is 5.88. The van der Waals surface area contributed by atoms with Gasteiger partial charge < -0.3 is 15.2 Å². The number of carbonyl (C=O) groups is 2. The molecule has 0 saturated heterocycles. The first-order valence-electron chi connectivity index (χ1n) is 5.36. The number of methoxy groups -OCH3 is 1. The van der Waals surface area contributed by atoms with Gasteiger partial charge in [0.25, 0.3) is 0 Å². The Morgan fingerprint density at radius 3 is 2.67 bits per heavy atom. The minimum atomic E-state index is -0.668. The molecule has 100 valence electrons. The van der Waals surface area contributed by atoms with E-state index in [0.29, 0.717) is 12.3 Å². The van der Waals surface area contributed by atoms with Crippen LogP contribution >= 0.6 is 0 Å². The number of carbonyl (C=O) groups excluding carboxylic acids is 2. The lowest BCUT2D eigenvalue weighted by Crippen LogP contribution is -2.25. The molecule has 18 heavy (non-hydrogen) atoms. The van der Waals surface area contributed by atoms with Crippen LogP contribution in [-0.4, -0.2) is 47.2 Å². The maximum Gasteiger partial charge on any atom is 0.360 e. The third-order valence-electron chi connectivity index (χ3n) is 2.42. The molecule has 0 bridgehead atoms. The predicted molar refractivity (Wildman–Crippen MR) is 60.8 cm³/mol. The smallest absolute Gasteiger partial charge is 0.360 e. The van der Waals surface area contributed by atoms with Crippen LogP contribution < -0.4 is 5.73 Å². The van der Waals surface area contributed by atoms with Gasteiger partial charge in [0.05, 0.1) is 12.3 Å². The Bertz CT molecular complexity index is 443. The van der Waals surface area contributed by atoms with Crippen LogP contribution in [0, 0.1) is 6.92 Å². The van der Waals surface area contributed by atoms with Gasteiger partial charge in [-0.05, 0) is 13.8 Å². The van der Waals surface area contributed by atoms with Gasteiger partial charge in [-0.25, -0.2) is 9.48 Å². The van der Waals surface area contributed by atoms with Gasteiger partial charge in [-0.2, -0.15) is 0 Å². The number of aromatic nitrogens is 3. The van der Waals surface area contributed by atoms with Crippen LogP contribution in [0.3, 0.4) is 0 Å². The normalized spacial score (nSPS) is 12.2. The first-order valence-corrected chi connectivity index (χ1v) is 5.36. The third-order valence-corrected chi connectivity index (χ3v) is 2.42. The molecule has 8 heteroatoms. The van der Waals surface area contributed by atoms with Crippen molar-refractivity contribution in [3.63, 3.8) is 0 Å². The fraction of sp³-hybridized carbons (Fsp3) is 0.600. The van der Waals surface area contributed by atoms with E-state index in [1.54, 1.807) is 13.8 Å². The number of rotatable bonds is 6. The Hall–Kier alpha value is -1.96. The highest BCUT2D eigenvalue weighted by atomic mass is 16.6. The molecule has 1 aromatic rings. The van der Waals surface area contributed by atoms with Crippen LogP contribution in [0.2, 0.25) is 0 Å². The summed E-state index contributed by atoms with van der Waals surface area (Å²) in [4.78, 5) is 22.7. The summed E-state index contributed by atoms with van der Waals surface area (Å²) in [6.45, 7) is 3.63. The molecule has 0 fully saturated rings. The molecule has 0 spiro atoms. The van der Waals surface area contributed by atoms with E-state index >= 15 is 0 Å². The molecule has 0 aliphatic heterocycles. The monoisotopic (exact) mass is 256 g/mol. The maximum atomic E-state index is 11.6. The van der Waals surface area contributed by atoms with Crippen LogP contribution in [-0.2, 0) is 14.3 Å². The molecule has 0 saturated carbocycles. The maximum absolute atomic E-state index is 11.6. The van der Waals surface area contributed by atoms with E-state index in [1.165, 1.54) is 11.8 Å². The second-order valence-corrected chi connectivity index (χ2v) is 3.68. The van der Waals surface area contributed by atoms with Gasteiger partial charge in [0, 0.05) is 7.11 Å². The number of nitrogens with two attached hydrogens (primary N) is 1. The van der Waals surface area contributed by atoms with Crippen molar-refractivity contribution in [3.05, 3.63) is 11.4 Å². The zero-order chi connectivity index (χ0) is 13.7. The molecule has 0 radical (unpaired) electrons. The van der Waals surface area contributed by atoms with Crippen LogP contribution in [0.5, 0.6) is 0 Å². The van der Waals surface area contributed by atoms with Crippen LogP contribution in [0.1, 0.15) is 29.1 Å². The van der Waals surface area contributed by atoms with Crippen molar-refractivity contribution in [1.29, 1.82) is 0 Å². The Balaban J connectivity index is 2.80. The van der Waals surface area contributed by atoms with Gasteiger partial charge >= 0.3 is 5.97 Å². The van der Waals surface area contributed by atoms with Crippen molar-refractivity contribution in [2.24, 2.45) is 5.73 Å². The first-order chi connectivity index (χ1) is 8.49. The summed E-state index contributed by atoms with van der Waals surface area (Å²) in [6.07, 6.45) is 0. The molecule has 1 heterocycles. The second kappa shape index (κ2) is 6.10. The average Bonchev–Trinajstić information content (AvgIpc) is 2.70. The number of nitrogens with zero attached hydrogens (tertiary/aromatic N) is 3. The Labute approximate surface area is 104 Å². The van der Waals surface area contributed by atoms with Crippen LogP contribution in [0.4, 0.5) is 0 Å². The number of hydrogen-bond donors (Lipinski definition) is 1. The van der Waals surface area contributed by atoms with Crippen molar-refractivity contribution < 1.29 is 19.1 Å². The van der Waals surface area contributed by atoms with Gasteiger partial charge in [-0.15, -0.1) is 5.10 Å². The summed E-state index contributed by atoms with van der Waals surface area (Å²) in [5.41, 5.74) is 5.66. The predicted octanol–water partition coefficient (Wildman–Crippen LogP) is -0.564. The molecule has 0 aromatic carbocycles. The lowest BCUT2D eigenvalue weighted by molar-refractivity contribution is -0.121. The Morgan fingerprint density at radius 2 is 2.11 bits per heavy atom. The Morgan fingerprint density at radius 1 is 1.44 bits per heavy atom. The molecule has 1 aromatic heterocycles. The number of ether oxygens (including phenoxy) is 2. The standard InChI is InChI=1S/C10H16N4O4/c1-6-8(10(16)18-5-4-17-3)12-13-14(6)7(2)9(11)15/h7H,4-5H2,1-3H3,(H2,11,15). The van der Waals surface area contributed by atoms with Crippen molar-refractivity contribution in [3.8, 4) is 0 Å². The molecular weight excluding hydrogens is 240 g/mol. The third kappa shape index (κ3) is 3.04.